The molecule has 0 saturated heterocycles. The van der Waals surface area contributed by atoms with Gasteiger partial charge in [0.25, 0.3) is 5.91 Å². The molecule has 0 aliphatic heterocycles. The highest BCUT2D eigenvalue weighted by atomic mass is 32.1. The maximum Gasteiger partial charge on any atom is 0.260 e. The summed E-state index contributed by atoms with van der Waals surface area (Å²) in [7, 11) is 5.70. The molecule has 0 radical (unpaired) electrons. The Morgan fingerprint density at radius 1 is 0.909 bits per heavy atom. The van der Waals surface area contributed by atoms with Crippen LogP contribution in [0.5, 0.6) is 17.2 Å². The van der Waals surface area contributed by atoms with E-state index in [1.54, 1.807) is 24.1 Å². The van der Waals surface area contributed by atoms with Crippen LogP contribution in [-0.2, 0) is 0 Å². The molecule has 0 N–H and O–H groups in total. The number of amides is 1. The number of methoxy groups -OCH3 is 1. The van der Waals surface area contributed by atoms with Gasteiger partial charge in [-0.15, -0.1) is 0 Å². The van der Waals surface area contributed by atoms with E-state index in [-0.39, 0.29) is 5.91 Å². The molecule has 0 atom stereocenters. The van der Waals surface area contributed by atoms with Crippen LogP contribution in [-0.4, -0.2) is 50.1 Å². The molecular formula is C26H27N3O3S. The molecule has 4 aromatic rings. The molecule has 0 spiro atoms. The molecule has 0 fully saturated rings. The van der Waals surface area contributed by atoms with Crippen LogP contribution in [0.3, 0.4) is 0 Å². The number of carbonyl (C=O) groups is 1. The van der Waals surface area contributed by atoms with E-state index in [0.717, 1.165) is 34.7 Å². The maximum atomic E-state index is 13.5. The summed E-state index contributed by atoms with van der Waals surface area (Å²) in [5.74, 6) is 2.14. The lowest BCUT2D eigenvalue weighted by Crippen LogP contribution is -2.33. The zero-order valence-electron chi connectivity index (χ0n) is 19.0. The van der Waals surface area contributed by atoms with Gasteiger partial charge in [-0.25, -0.2) is 4.98 Å². The van der Waals surface area contributed by atoms with Crippen LogP contribution in [0.15, 0.2) is 72.8 Å². The predicted molar refractivity (Wildman–Crippen MR) is 134 cm³/mol. The van der Waals surface area contributed by atoms with Crippen molar-refractivity contribution in [1.82, 2.24) is 9.88 Å². The van der Waals surface area contributed by atoms with Crippen LogP contribution < -0.4 is 14.4 Å². The largest absolute Gasteiger partial charge is 0.497 e. The van der Waals surface area contributed by atoms with Crippen molar-refractivity contribution < 1.29 is 14.3 Å². The third kappa shape index (κ3) is 5.69. The van der Waals surface area contributed by atoms with Crippen molar-refractivity contribution in [1.29, 1.82) is 0 Å². The van der Waals surface area contributed by atoms with Crippen LogP contribution in [0.2, 0.25) is 0 Å². The molecule has 7 heteroatoms. The molecular weight excluding hydrogens is 434 g/mol. The zero-order valence-corrected chi connectivity index (χ0v) is 19.8. The van der Waals surface area contributed by atoms with Gasteiger partial charge in [0, 0.05) is 12.1 Å². The summed E-state index contributed by atoms with van der Waals surface area (Å²) in [5.41, 5.74) is 1.45. The average Bonchev–Trinajstić information content (AvgIpc) is 3.25. The van der Waals surface area contributed by atoms with Gasteiger partial charge in [-0.3, -0.25) is 9.69 Å². The van der Waals surface area contributed by atoms with E-state index in [4.69, 9.17) is 14.5 Å². The Bertz CT molecular complexity index is 1210. The molecule has 1 amide bonds. The smallest absolute Gasteiger partial charge is 0.260 e. The first-order valence-electron chi connectivity index (χ1n) is 10.8. The number of anilines is 1. The Hall–Kier alpha value is -3.42. The molecule has 3 aromatic carbocycles. The number of benzene rings is 3. The Balaban J connectivity index is 1.57. The first-order chi connectivity index (χ1) is 16.0. The van der Waals surface area contributed by atoms with Gasteiger partial charge in [-0.05, 0) is 81.7 Å². The number of aromatic nitrogens is 1. The van der Waals surface area contributed by atoms with E-state index in [0.29, 0.717) is 23.0 Å². The third-order valence-electron chi connectivity index (χ3n) is 5.13. The highest BCUT2D eigenvalue weighted by Gasteiger charge is 2.21. The van der Waals surface area contributed by atoms with E-state index in [9.17, 15) is 4.79 Å². The van der Waals surface area contributed by atoms with Crippen molar-refractivity contribution in [3.63, 3.8) is 0 Å². The number of carbonyl (C=O) groups excluding carboxylic acids is 1. The summed E-state index contributed by atoms with van der Waals surface area (Å²) in [6.45, 7) is 1.46. The Kier molecular flexibility index (Phi) is 7.22. The lowest BCUT2D eigenvalue weighted by Gasteiger charge is -2.21. The summed E-state index contributed by atoms with van der Waals surface area (Å²) >= 11 is 1.50. The number of fused-ring (bicyclic) bond motifs is 1. The molecule has 170 valence electrons. The van der Waals surface area contributed by atoms with E-state index < -0.39 is 0 Å². The number of thiazole rings is 1. The van der Waals surface area contributed by atoms with Gasteiger partial charge in [0.15, 0.2) is 5.13 Å². The van der Waals surface area contributed by atoms with E-state index in [1.165, 1.54) is 11.3 Å². The minimum atomic E-state index is -0.0777. The fourth-order valence-electron chi connectivity index (χ4n) is 3.41. The Morgan fingerprint density at radius 3 is 2.30 bits per heavy atom. The number of hydrogen-bond acceptors (Lipinski definition) is 6. The van der Waals surface area contributed by atoms with Gasteiger partial charge in [0.1, 0.15) is 17.2 Å². The second-order valence-electron chi connectivity index (χ2n) is 7.88. The Labute approximate surface area is 198 Å². The van der Waals surface area contributed by atoms with E-state index in [1.807, 2.05) is 74.8 Å². The van der Waals surface area contributed by atoms with Crippen LogP contribution >= 0.6 is 11.3 Å². The third-order valence-corrected chi connectivity index (χ3v) is 6.17. The summed E-state index contributed by atoms with van der Waals surface area (Å²) in [5, 5.41) is 0.687. The maximum absolute atomic E-state index is 13.5. The minimum absolute atomic E-state index is 0.0777. The van der Waals surface area contributed by atoms with Gasteiger partial charge in [-0.1, -0.05) is 29.5 Å². The molecule has 33 heavy (non-hydrogen) atoms. The molecule has 0 aliphatic rings. The van der Waals surface area contributed by atoms with Crippen molar-refractivity contribution in [2.24, 2.45) is 0 Å². The van der Waals surface area contributed by atoms with Crippen molar-refractivity contribution in [3.05, 3.63) is 78.4 Å². The lowest BCUT2D eigenvalue weighted by atomic mass is 10.2. The monoisotopic (exact) mass is 461 g/mol. The van der Waals surface area contributed by atoms with Crippen molar-refractivity contribution in [3.8, 4) is 17.2 Å². The number of ether oxygens (including phenoxy) is 2. The van der Waals surface area contributed by atoms with Crippen LogP contribution in [0.1, 0.15) is 16.8 Å². The van der Waals surface area contributed by atoms with Crippen LogP contribution in [0, 0.1) is 0 Å². The van der Waals surface area contributed by atoms with Crippen LogP contribution in [0.4, 0.5) is 5.13 Å². The normalized spacial score (nSPS) is 11.0. The molecule has 6 nitrogen and oxygen atoms in total. The summed E-state index contributed by atoms with van der Waals surface area (Å²) in [6.07, 6.45) is 0.840. The quantitative estimate of drug-likeness (QED) is 0.320. The highest BCUT2D eigenvalue weighted by Crippen LogP contribution is 2.32. The SMILES string of the molecule is COc1ccc2nc(N(CCCN(C)C)C(=O)c3ccc(Oc4ccccc4)cc3)sc2c1. The Morgan fingerprint density at radius 2 is 1.61 bits per heavy atom. The van der Waals surface area contributed by atoms with Gasteiger partial charge in [0.05, 0.1) is 17.3 Å². The first-order valence-corrected chi connectivity index (χ1v) is 11.6. The first kappa shape index (κ1) is 22.8. The number of hydrogen-bond donors (Lipinski definition) is 0. The zero-order chi connectivity index (χ0) is 23.2. The number of rotatable bonds is 9. The summed E-state index contributed by atoms with van der Waals surface area (Å²) in [6, 6.07) is 22.6. The van der Waals surface area contributed by atoms with Crippen LogP contribution in [0.25, 0.3) is 10.2 Å². The van der Waals surface area contributed by atoms with Gasteiger partial charge in [0.2, 0.25) is 0 Å². The second kappa shape index (κ2) is 10.5. The molecule has 0 bridgehead atoms. The number of nitrogens with zero attached hydrogens (tertiary/aromatic N) is 3. The minimum Gasteiger partial charge on any atom is -0.497 e. The van der Waals surface area contributed by atoms with Gasteiger partial charge >= 0.3 is 0 Å². The average molecular weight is 462 g/mol. The molecule has 4 rings (SSSR count). The fraction of sp³-hybridized carbons (Fsp3) is 0.231. The van der Waals surface area contributed by atoms with Gasteiger partial charge in [-0.2, -0.15) is 0 Å². The number of para-hydroxylation sites is 1. The molecule has 0 saturated carbocycles. The molecule has 0 unspecified atom stereocenters. The molecule has 1 aromatic heterocycles. The topological polar surface area (TPSA) is 54.9 Å². The molecule has 0 aliphatic carbocycles. The second-order valence-corrected chi connectivity index (χ2v) is 8.89. The van der Waals surface area contributed by atoms with Crippen molar-refractivity contribution in [2.75, 3.05) is 39.2 Å². The summed E-state index contributed by atoms with van der Waals surface area (Å²) in [4.78, 5) is 22.1. The molecule has 1 heterocycles. The van der Waals surface area contributed by atoms with Gasteiger partial charge < -0.3 is 14.4 Å². The van der Waals surface area contributed by atoms with Crippen molar-refractivity contribution in [2.45, 2.75) is 6.42 Å². The van der Waals surface area contributed by atoms with E-state index >= 15 is 0 Å². The lowest BCUT2D eigenvalue weighted by molar-refractivity contribution is 0.0986. The van der Waals surface area contributed by atoms with Crippen molar-refractivity contribution >= 4 is 32.6 Å². The standard InChI is InChI=1S/C26H27N3O3S/c1-28(2)16-7-17-29(26-27-23-15-14-22(31-3)18-24(23)33-26)25(30)19-10-12-21(13-11-19)32-20-8-5-4-6-9-20/h4-6,8-15,18H,7,16-17H2,1-3H3. The highest BCUT2D eigenvalue weighted by molar-refractivity contribution is 7.22. The fourth-order valence-corrected chi connectivity index (χ4v) is 4.43. The predicted octanol–water partition coefficient (Wildman–Crippen LogP) is 5.70. The van der Waals surface area contributed by atoms with E-state index in [2.05, 4.69) is 4.90 Å². The summed E-state index contributed by atoms with van der Waals surface area (Å²) < 4.78 is 12.2.